The molecule has 1 aliphatic rings. The van der Waals surface area contributed by atoms with Gasteiger partial charge < -0.3 is 10.0 Å². The van der Waals surface area contributed by atoms with E-state index in [-0.39, 0.29) is 5.91 Å². The number of hydrogen-bond donors (Lipinski definition) is 1. The Bertz CT molecular complexity index is 490. The lowest BCUT2D eigenvalue weighted by Crippen LogP contribution is -2.34. The third-order valence-electron chi connectivity index (χ3n) is 3.51. The van der Waals surface area contributed by atoms with Gasteiger partial charge in [-0.15, -0.1) is 0 Å². The molecule has 0 aliphatic carbocycles. The van der Waals surface area contributed by atoms with Crippen LogP contribution in [0.5, 0.6) is 0 Å². The van der Waals surface area contributed by atoms with Crippen molar-refractivity contribution < 1.29 is 9.90 Å². The molecule has 2 rings (SSSR count). The zero-order valence-electron chi connectivity index (χ0n) is 10.8. The molecule has 19 heavy (non-hydrogen) atoms. The largest absolute Gasteiger partial charge is 0.390 e. The van der Waals surface area contributed by atoms with Crippen molar-refractivity contribution in [2.24, 2.45) is 0 Å². The molecule has 1 aliphatic heterocycles. The number of nitrogens with zero attached hydrogens (tertiary/aromatic N) is 1. The molecule has 5 heteroatoms. The zero-order chi connectivity index (χ0) is 14.0. The summed E-state index contributed by atoms with van der Waals surface area (Å²) in [5.41, 5.74) is -0.00842. The third kappa shape index (κ3) is 3.83. The van der Waals surface area contributed by atoms with Crippen molar-refractivity contribution in [3.8, 4) is 0 Å². The first-order valence-electron chi connectivity index (χ1n) is 6.36. The highest BCUT2D eigenvalue weighted by molar-refractivity contribution is 14.1. The second-order valence-electron chi connectivity index (χ2n) is 5.27. The second-order valence-corrected chi connectivity index (χ2v) is 6.87. The van der Waals surface area contributed by atoms with Gasteiger partial charge in [0.1, 0.15) is 0 Å². The number of halogens is 2. The SMILES string of the molecule is CC1(O)CCCN(C(=O)c2cc(Cl)ccc2I)CC1. The van der Waals surface area contributed by atoms with E-state index in [1.807, 2.05) is 17.9 Å². The van der Waals surface area contributed by atoms with Crippen LogP contribution in [-0.4, -0.2) is 34.6 Å². The average molecular weight is 394 g/mol. The molecule has 1 N–H and O–H groups in total. The summed E-state index contributed by atoms with van der Waals surface area (Å²) in [4.78, 5) is 14.3. The van der Waals surface area contributed by atoms with Gasteiger partial charge in [-0.2, -0.15) is 0 Å². The van der Waals surface area contributed by atoms with Crippen molar-refractivity contribution in [3.63, 3.8) is 0 Å². The van der Waals surface area contributed by atoms with E-state index in [0.29, 0.717) is 30.1 Å². The standard InChI is InChI=1S/C14H17ClINO2/c1-14(19)5-2-7-17(8-6-14)13(18)11-9-10(15)3-4-12(11)16/h3-4,9,19H,2,5-8H2,1H3. The predicted molar refractivity (Wildman–Crippen MR) is 84.5 cm³/mol. The van der Waals surface area contributed by atoms with Gasteiger partial charge in [0.25, 0.3) is 5.91 Å². The molecule has 0 bridgehead atoms. The fourth-order valence-corrected chi connectivity index (χ4v) is 3.04. The summed E-state index contributed by atoms with van der Waals surface area (Å²) in [6.07, 6.45) is 2.19. The van der Waals surface area contributed by atoms with E-state index in [1.165, 1.54) is 0 Å². The predicted octanol–water partition coefficient (Wildman–Crippen LogP) is 3.32. The van der Waals surface area contributed by atoms with Crippen LogP contribution in [0.3, 0.4) is 0 Å². The van der Waals surface area contributed by atoms with Crippen LogP contribution in [0.1, 0.15) is 36.5 Å². The topological polar surface area (TPSA) is 40.5 Å². The van der Waals surface area contributed by atoms with Crippen LogP contribution < -0.4 is 0 Å². The number of amides is 1. The van der Waals surface area contributed by atoms with Crippen molar-refractivity contribution in [2.45, 2.75) is 31.8 Å². The highest BCUT2D eigenvalue weighted by Gasteiger charge is 2.28. The van der Waals surface area contributed by atoms with Crippen molar-refractivity contribution >= 4 is 40.1 Å². The number of hydrogen-bond acceptors (Lipinski definition) is 2. The molecule has 1 heterocycles. The van der Waals surface area contributed by atoms with Crippen LogP contribution in [0.2, 0.25) is 5.02 Å². The molecule has 1 amide bonds. The van der Waals surface area contributed by atoms with E-state index >= 15 is 0 Å². The Hall–Kier alpha value is -0.330. The Morgan fingerprint density at radius 3 is 2.89 bits per heavy atom. The molecular formula is C14H17ClINO2. The number of likely N-dealkylation sites (tertiary alicyclic amines) is 1. The van der Waals surface area contributed by atoms with Crippen molar-refractivity contribution in [2.75, 3.05) is 13.1 Å². The molecule has 0 saturated carbocycles. The van der Waals surface area contributed by atoms with Crippen LogP contribution in [0.15, 0.2) is 18.2 Å². The Morgan fingerprint density at radius 2 is 2.16 bits per heavy atom. The Labute approximate surface area is 132 Å². The van der Waals surface area contributed by atoms with Gasteiger partial charge >= 0.3 is 0 Å². The first-order chi connectivity index (χ1) is 8.89. The number of aliphatic hydroxyl groups is 1. The van der Waals surface area contributed by atoms with Crippen LogP contribution in [-0.2, 0) is 0 Å². The summed E-state index contributed by atoms with van der Waals surface area (Å²) in [5, 5.41) is 10.6. The van der Waals surface area contributed by atoms with E-state index in [4.69, 9.17) is 11.6 Å². The quantitative estimate of drug-likeness (QED) is 0.744. The third-order valence-corrected chi connectivity index (χ3v) is 4.69. The van der Waals surface area contributed by atoms with Crippen molar-refractivity contribution in [1.29, 1.82) is 0 Å². The molecule has 0 spiro atoms. The van der Waals surface area contributed by atoms with E-state index in [2.05, 4.69) is 22.6 Å². The summed E-state index contributed by atoms with van der Waals surface area (Å²) in [6, 6.07) is 5.35. The van der Waals surface area contributed by atoms with Crippen molar-refractivity contribution in [3.05, 3.63) is 32.4 Å². The molecule has 1 fully saturated rings. The first-order valence-corrected chi connectivity index (χ1v) is 7.81. The maximum atomic E-state index is 12.5. The minimum atomic E-state index is -0.656. The highest BCUT2D eigenvalue weighted by atomic mass is 127. The van der Waals surface area contributed by atoms with Gasteiger partial charge in [-0.25, -0.2) is 0 Å². The molecule has 1 aromatic carbocycles. The summed E-state index contributed by atoms with van der Waals surface area (Å²) in [5.74, 6) is 0.00426. The lowest BCUT2D eigenvalue weighted by Gasteiger charge is -2.23. The molecule has 3 nitrogen and oxygen atoms in total. The minimum Gasteiger partial charge on any atom is -0.390 e. The minimum absolute atomic E-state index is 0.00426. The summed E-state index contributed by atoms with van der Waals surface area (Å²) in [6.45, 7) is 3.12. The lowest BCUT2D eigenvalue weighted by atomic mass is 9.98. The Morgan fingerprint density at radius 1 is 1.42 bits per heavy atom. The second kappa shape index (κ2) is 5.97. The van der Waals surface area contributed by atoms with Gasteiger partial charge in [-0.3, -0.25) is 4.79 Å². The van der Waals surface area contributed by atoms with Crippen LogP contribution >= 0.6 is 34.2 Å². The lowest BCUT2D eigenvalue weighted by molar-refractivity contribution is 0.0438. The van der Waals surface area contributed by atoms with E-state index < -0.39 is 5.60 Å². The van der Waals surface area contributed by atoms with E-state index in [1.54, 1.807) is 12.1 Å². The van der Waals surface area contributed by atoms with Gasteiger partial charge in [0.15, 0.2) is 0 Å². The van der Waals surface area contributed by atoms with Gasteiger partial charge in [0.2, 0.25) is 0 Å². The maximum absolute atomic E-state index is 12.5. The number of carbonyl (C=O) groups is 1. The van der Waals surface area contributed by atoms with Gasteiger partial charge in [0.05, 0.1) is 11.2 Å². The van der Waals surface area contributed by atoms with Gasteiger partial charge in [-0.05, 0) is 67.0 Å². The molecule has 1 saturated heterocycles. The smallest absolute Gasteiger partial charge is 0.254 e. The molecule has 104 valence electrons. The summed E-state index contributed by atoms with van der Waals surface area (Å²) in [7, 11) is 0. The normalized spacial score (nSPS) is 24.1. The molecule has 1 aromatic rings. The maximum Gasteiger partial charge on any atom is 0.254 e. The van der Waals surface area contributed by atoms with Gasteiger partial charge in [-0.1, -0.05) is 11.6 Å². The number of carbonyl (C=O) groups excluding carboxylic acids is 1. The molecule has 1 atom stereocenters. The molecule has 1 unspecified atom stereocenters. The molecule has 0 radical (unpaired) electrons. The number of benzene rings is 1. The fourth-order valence-electron chi connectivity index (χ4n) is 2.30. The summed E-state index contributed by atoms with van der Waals surface area (Å²) >= 11 is 8.11. The number of rotatable bonds is 1. The Balaban J connectivity index is 2.17. The van der Waals surface area contributed by atoms with E-state index in [0.717, 1.165) is 16.4 Å². The fraction of sp³-hybridized carbons (Fsp3) is 0.500. The molecule has 0 aromatic heterocycles. The Kier molecular flexibility index (Phi) is 4.74. The van der Waals surface area contributed by atoms with Crippen molar-refractivity contribution in [1.82, 2.24) is 4.90 Å². The van der Waals surface area contributed by atoms with Crippen LogP contribution in [0, 0.1) is 3.57 Å². The first kappa shape index (κ1) is 15.1. The zero-order valence-corrected chi connectivity index (χ0v) is 13.7. The summed E-state index contributed by atoms with van der Waals surface area (Å²) < 4.78 is 0.906. The van der Waals surface area contributed by atoms with Gasteiger partial charge in [0, 0.05) is 21.7 Å². The monoisotopic (exact) mass is 393 g/mol. The van der Waals surface area contributed by atoms with Crippen LogP contribution in [0.4, 0.5) is 0 Å². The molecular weight excluding hydrogens is 377 g/mol. The van der Waals surface area contributed by atoms with Crippen LogP contribution in [0.25, 0.3) is 0 Å². The highest BCUT2D eigenvalue weighted by Crippen LogP contribution is 2.24. The van der Waals surface area contributed by atoms with E-state index in [9.17, 15) is 9.90 Å². The average Bonchev–Trinajstić information content (AvgIpc) is 2.52.